The van der Waals surface area contributed by atoms with Crippen LogP contribution in [-0.2, 0) is 43.4 Å². The maximum absolute atomic E-state index is 13.0. The Balaban J connectivity index is 1.57. The van der Waals surface area contributed by atoms with Gasteiger partial charge < -0.3 is 44.5 Å². The molecule has 0 spiro atoms. The third kappa shape index (κ3) is 26.9. The Labute approximate surface area is 367 Å². The minimum Gasteiger partial charge on any atom is -0.480 e. The maximum Gasteiger partial charge on any atom is 0.344 e. The van der Waals surface area contributed by atoms with Gasteiger partial charge in [-0.25, -0.2) is 23.0 Å². The molecule has 2 aromatic rings. The fourth-order valence-corrected chi connectivity index (χ4v) is 7.18. The highest BCUT2D eigenvalue weighted by molar-refractivity contribution is 7.92. The monoisotopic (exact) mass is 894 g/mol. The largest absolute Gasteiger partial charge is 0.480 e. The van der Waals surface area contributed by atoms with Crippen LogP contribution in [0.2, 0.25) is 0 Å². The molecular formula is C44H70N4O13S. The van der Waals surface area contributed by atoms with Crippen molar-refractivity contribution in [3.05, 3.63) is 48.2 Å². The number of pyridine rings is 1. The molecule has 1 heterocycles. The van der Waals surface area contributed by atoms with E-state index >= 15 is 0 Å². The van der Waals surface area contributed by atoms with Gasteiger partial charge in [-0.3, -0.25) is 14.3 Å². The Morgan fingerprint density at radius 2 is 1.15 bits per heavy atom. The number of anilines is 1. The fourth-order valence-electron chi connectivity index (χ4n) is 6.17. The second-order valence-electron chi connectivity index (χ2n) is 14.9. The maximum atomic E-state index is 13.0. The molecule has 0 aliphatic heterocycles. The summed E-state index contributed by atoms with van der Waals surface area (Å²) < 4.78 is 54.8. The summed E-state index contributed by atoms with van der Waals surface area (Å²) in [6.45, 7) is 3.24. The number of benzene rings is 1. The molecule has 1 aromatic heterocycles. The third-order valence-corrected chi connectivity index (χ3v) is 10.9. The summed E-state index contributed by atoms with van der Waals surface area (Å²) in [6.07, 6.45) is 20.3. The van der Waals surface area contributed by atoms with Gasteiger partial charge in [0, 0.05) is 19.3 Å². The number of unbranched alkanes of at least 4 members (excludes halogenated alkanes) is 15. The lowest BCUT2D eigenvalue weighted by Gasteiger charge is -2.15. The number of carbonyl (C=O) groups is 4. The first-order valence-electron chi connectivity index (χ1n) is 22.1. The van der Waals surface area contributed by atoms with E-state index in [1.807, 2.05) is 0 Å². The van der Waals surface area contributed by atoms with E-state index in [9.17, 15) is 32.7 Å². The van der Waals surface area contributed by atoms with Crippen molar-refractivity contribution in [2.45, 2.75) is 127 Å². The van der Waals surface area contributed by atoms with E-state index in [2.05, 4.69) is 27.3 Å². The van der Waals surface area contributed by atoms with Gasteiger partial charge in [0.25, 0.3) is 15.9 Å². The summed E-state index contributed by atoms with van der Waals surface area (Å²) in [5.41, 5.74) is 0.202. The van der Waals surface area contributed by atoms with Crippen molar-refractivity contribution >= 4 is 39.6 Å². The molecule has 1 unspecified atom stereocenters. The molecule has 0 saturated heterocycles. The number of carboxylic acids is 2. The van der Waals surface area contributed by atoms with Crippen LogP contribution in [0.25, 0.3) is 0 Å². The minimum absolute atomic E-state index is 0.00275. The van der Waals surface area contributed by atoms with E-state index in [0.29, 0.717) is 6.42 Å². The molecule has 0 radical (unpaired) electrons. The number of hydrogen-bond acceptors (Lipinski definition) is 12. The quantitative estimate of drug-likeness (QED) is 0.0458. The molecule has 0 aliphatic rings. The summed E-state index contributed by atoms with van der Waals surface area (Å²) in [5, 5.41) is 23.5. The molecule has 0 bridgehead atoms. The Kier molecular flexibility index (Phi) is 29.6. The number of carboxylic acid groups (broad SMARTS) is 2. The van der Waals surface area contributed by atoms with Crippen molar-refractivity contribution in [2.24, 2.45) is 0 Å². The van der Waals surface area contributed by atoms with E-state index in [1.54, 1.807) is 0 Å². The Morgan fingerprint density at radius 3 is 1.66 bits per heavy atom. The molecule has 1 aromatic carbocycles. The first-order valence-corrected chi connectivity index (χ1v) is 23.6. The van der Waals surface area contributed by atoms with Crippen molar-refractivity contribution in [1.82, 2.24) is 15.6 Å². The average Bonchev–Trinajstić information content (AvgIpc) is 3.25. The first kappa shape index (κ1) is 53.8. The topological polar surface area (TPSA) is 238 Å². The van der Waals surface area contributed by atoms with Gasteiger partial charge in [0.2, 0.25) is 5.91 Å². The highest BCUT2D eigenvalue weighted by Gasteiger charge is 2.20. The van der Waals surface area contributed by atoms with E-state index in [0.717, 1.165) is 25.7 Å². The highest BCUT2D eigenvalue weighted by atomic mass is 32.2. The van der Waals surface area contributed by atoms with E-state index in [4.69, 9.17) is 28.8 Å². The van der Waals surface area contributed by atoms with Crippen LogP contribution in [0.5, 0.6) is 5.75 Å². The Bertz CT molecular complexity index is 1630. The molecule has 0 aliphatic carbocycles. The zero-order chi connectivity index (χ0) is 45.1. The first-order chi connectivity index (χ1) is 30.0. The summed E-state index contributed by atoms with van der Waals surface area (Å²) in [7, 11) is -4.05. The van der Waals surface area contributed by atoms with Crippen LogP contribution >= 0.6 is 0 Å². The van der Waals surface area contributed by atoms with Crippen LogP contribution in [0, 0.1) is 0 Å². The fraction of sp³-hybridized carbons (Fsp3) is 0.659. The molecule has 18 heteroatoms. The number of hydrogen-bond donors (Lipinski definition) is 5. The number of aliphatic carboxylic acids is 2. The number of ether oxygens (including phenoxy) is 5. The summed E-state index contributed by atoms with van der Waals surface area (Å²) in [6, 6.07) is 8.27. The average molecular weight is 895 g/mol. The number of rotatable bonds is 40. The SMILES string of the molecule is CCCCCCCCCCCCCCCCCCC(Oc1ccc(S(=O)(=O)Nc2ccc(C(=O)NCCOCCOCC(=O)NCCOCCOCC(=O)O)cn2)cc1)C(=O)O. The summed E-state index contributed by atoms with van der Waals surface area (Å²) in [5.74, 6) is -2.65. The van der Waals surface area contributed by atoms with Gasteiger partial charge in [-0.2, -0.15) is 0 Å². The normalized spacial score (nSPS) is 11.8. The van der Waals surface area contributed by atoms with Gasteiger partial charge >= 0.3 is 11.9 Å². The molecule has 1 atom stereocenters. The number of sulfonamides is 1. The Morgan fingerprint density at radius 1 is 0.629 bits per heavy atom. The molecule has 2 amide bonds. The summed E-state index contributed by atoms with van der Waals surface area (Å²) in [4.78, 5) is 50.5. The van der Waals surface area contributed by atoms with Gasteiger partial charge in [0.05, 0.1) is 50.1 Å². The molecular weight excluding hydrogens is 825 g/mol. The van der Waals surface area contributed by atoms with Crippen molar-refractivity contribution in [1.29, 1.82) is 0 Å². The van der Waals surface area contributed by atoms with E-state index in [1.165, 1.54) is 120 Å². The molecule has 5 N–H and O–H groups in total. The lowest BCUT2D eigenvalue weighted by molar-refractivity contribution is -0.145. The molecule has 0 fully saturated rings. The van der Waals surface area contributed by atoms with Crippen molar-refractivity contribution in [2.75, 3.05) is 70.7 Å². The predicted octanol–water partition coefficient (Wildman–Crippen LogP) is 6.36. The highest BCUT2D eigenvalue weighted by Crippen LogP contribution is 2.22. The van der Waals surface area contributed by atoms with Crippen LogP contribution in [0.4, 0.5) is 5.82 Å². The smallest absolute Gasteiger partial charge is 0.344 e. The second kappa shape index (κ2) is 34.2. The van der Waals surface area contributed by atoms with Crippen LogP contribution in [0.15, 0.2) is 47.5 Å². The Hall–Kier alpha value is -4.36. The molecule has 0 saturated carbocycles. The van der Waals surface area contributed by atoms with Gasteiger partial charge in [0.15, 0.2) is 6.10 Å². The summed E-state index contributed by atoms with van der Waals surface area (Å²) >= 11 is 0. The van der Waals surface area contributed by atoms with Crippen molar-refractivity contribution in [3.63, 3.8) is 0 Å². The van der Waals surface area contributed by atoms with E-state index < -0.39 is 40.6 Å². The molecule has 2 rings (SSSR count). The molecule has 350 valence electrons. The van der Waals surface area contributed by atoms with Crippen LogP contribution in [-0.4, -0.2) is 119 Å². The third-order valence-electron chi connectivity index (χ3n) is 9.58. The zero-order valence-electron chi connectivity index (χ0n) is 36.5. The van der Waals surface area contributed by atoms with Crippen molar-refractivity contribution in [3.8, 4) is 5.75 Å². The van der Waals surface area contributed by atoms with Gasteiger partial charge in [-0.1, -0.05) is 103 Å². The predicted molar refractivity (Wildman–Crippen MR) is 234 cm³/mol. The molecule has 62 heavy (non-hydrogen) atoms. The zero-order valence-corrected chi connectivity index (χ0v) is 37.3. The van der Waals surface area contributed by atoms with Gasteiger partial charge in [-0.05, 0) is 49.2 Å². The van der Waals surface area contributed by atoms with Crippen LogP contribution < -0.4 is 20.1 Å². The van der Waals surface area contributed by atoms with Crippen LogP contribution in [0.1, 0.15) is 126 Å². The van der Waals surface area contributed by atoms with E-state index in [-0.39, 0.29) is 87.3 Å². The second-order valence-corrected chi connectivity index (χ2v) is 16.6. The van der Waals surface area contributed by atoms with Gasteiger partial charge in [0.1, 0.15) is 24.8 Å². The number of amides is 2. The number of nitrogens with one attached hydrogen (secondary N) is 3. The number of carbonyl (C=O) groups excluding carboxylic acids is 2. The minimum atomic E-state index is -4.05. The number of aromatic nitrogens is 1. The van der Waals surface area contributed by atoms with Crippen LogP contribution in [0.3, 0.4) is 0 Å². The lowest BCUT2D eigenvalue weighted by Crippen LogP contribution is -2.31. The van der Waals surface area contributed by atoms with Gasteiger partial charge in [-0.15, -0.1) is 0 Å². The molecule has 17 nitrogen and oxygen atoms in total. The standard InChI is InChI=1S/C44H70N4O13S/c1-2-3-4-5-6-7-8-9-10-11-12-13-14-15-16-17-18-39(44(53)54)61-37-20-22-38(23-21-37)62(55,56)48-40-24-19-36(33-47-40)43(52)46-26-28-58-29-31-59-34-41(49)45-25-27-57-30-32-60-35-42(50)51/h19-24,33,39H,2-18,25-32,34-35H2,1H3,(H,45,49)(H,46,52)(H,47,48)(H,50,51)(H,53,54). The lowest BCUT2D eigenvalue weighted by atomic mass is 10.0. The number of nitrogens with zero attached hydrogens (tertiary/aromatic N) is 1. The van der Waals surface area contributed by atoms with Crippen molar-refractivity contribution < 1.29 is 61.5 Å².